The highest BCUT2D eigenvalue weighted by atomic mass is 16.3. The Balaban J connectivity index is 2.11. The van der Waals surface area contributed by atoms with E-state index in [0.717, 1.165) is 35.6 Å². The molecule has 92 valence electrons. The van der Waals surface area contributed by atoms with Crippen LogP contribution in [0.15, 0.2) is 22.9 Å². The van der Waals surface area contributed by atoms with Gasteiger partial charge in [-0.15, -0.1) is 0 Å². The first kappa shape index (κ1) is 11.9. The number of rotatable bonds is 4. The normalized spacial score (nSPS) is 12.9. The third-order valence-electron chi connectivity index (χ3n) is 2.95. The van der Waals surface area contributed by atoms with Gasteiger partial charge in [0, 0.05) is 24.3 Å². The summed E-state index contributed by atoms with van der Waals surface area (Å²) in [5.41, 5.74) is 8.45. The summed E-state index contributed by atoms with van der Waals surface area (Å²) in [4.78, 5) is 0. The van der Waals surface area contributed by atoms with Crippen molar-refractivity contribution in [3.05, 3.63) is 41.1 Å². The quantitative estimate of drug-likeness (QED) is 0.882. The topological polar surface area (TPSA) is 57.0 Å². The standard InChI is InChI=1S/C13H19N3O/c1-4-16-8-11(7-15-16)6-13(14)12-5-9(2)17-10(12)3/h5,7-8,13H,4,6,14H2,1-3H3. The van der Waals surface area contributed by atoms with Crippen molar-refractivity contribution >= 4 is 0 Å². The Kier molecular flexibility index (Phi) is 3.33. The van der Waals surface area contributed by atoms with Gasteiger partial charge in [0.1, 0.15) is 11.5 Å². The molecule has 0 aromatic carbocycles. The first-order valence-corrected chi connectivity index (χ1v) is 5.94. The Hall–Kier alpha value is -1.55. The molecular formula is C13H19N3O. The summed E-state index contributed by atoms with van der Waals surface area (Å²) in [6.45, 7) is 6.86. The van der Waals surface area contributed by atoms with Gasteiger partial charge in [0.2, 0.25) is 0 Å². The molecule has 0 radical (unpaired) electrons. The van der Waals surface area contributed by atoms with Crippen molar-refractivity contribution < 1.29 is 4.42 Å². The molecule has 0 aliphatic heterocycles. The van der Waals surface area contributed by atoms with Crippen LogP contribution in [0.3, 0.4) is 0 Å². The van der Waals surface area contributed by atoms with E-state index in [1.54, 1.807) is 0 Å². The summed E-state index contributed by atoms with van der Waals surface area (Å²) in [5, 5.41) is 4.25. The van der Waals surface area contributed by atoms with Crippen LogP contribution in [0.25, 0.3) is 0 Å². The van der Waals surface area contributed by atoms with Gasteiger partial charge in [0.15, 0.2) is 0 Å². The highest BCUT2D eigenvalue weighted by molar-refractivity contribution is 5.25. The number of nitrogens with two attached hydrogens (primary N) is 1. The molecule has 0 aliphatic rings. The van der Waals surface area contributed by atoms with Crippen molar-refractivity contribution in [3.63, 3.8) is 0 Å². The van der Waals surface area contributed by atoms with E-state index in [2.05, 4.69) is 12.0 Å². The maximum Gasteiger partial charge on any atom is 0.105 e. The smallest absolute Gasteiger partial charge is 0.105 e. The zero-order chi connectivity index (χ0) is 12.4. The minimum Gasteiger partial charge on any atom is -0.466 e. The SMILES string of the molecule is CCn1cc(CC(N)c2cc(C)oc2C)cn1. The number of nitrogens with zero attached hydrogens (tertiary/aromatic N) is 2. The van der Waals surface area contributed by atoms with Gasteiger partial charge in [-0.3, -0.25) is 4.68 Å². The minimum atomic E-state index is -0.0260. The first-order valence-electron chi connectivity index (χ1n) is 5.94. The summed E-state index contributed by atoms with van der Waals surface area (Å²) in [6.07, 6.45) is 4.72. The second-order valence-electron chi connectivity index (χ2n) is 4.38. The van der Waals surface area contributed by atoms with Crippen molar-refractivity contribution in [1.82, 2.24) is 9.78 Å². The lowest BCUT2D eigenvalue weighted by atomic mass is 10.0. The number of furan rings is 1. The fourth-order valence-electron chi connectivity index (χ4n) is 2.07. The van der Waals surface area contributed by atoms with Crippen molar-refractivity contribution in [2.45, 2.75) is 39.8 Å². The summed E-state index contributed by atoms with van der Waals surface area (Å²) in [6, 6.07) is 1.99. The highest BCUT2D eigenvalue weighted by Crippen LogP contribution is 2.22. The van der Waals surface area contributed by atoms with E-state index in [4.69, 9.17) is 10.2 Å². The van der Waals surface area contributed by atoms with Crippen molar-refractivity contribution in [1.29, 1.82) is 0 Å². The van der Waals surface area contributed by atoms with Crippen LogP contribution in [-0.4, -0.2) is 9.78 Å². The Morgan fingerprint density at radius 3 is 2.76 bits per heavy atom. The molecule has 4 nitrogen and oxygen atoms in total. The zero-order valence-electron chi connectivity index (χ0n) is 10.6. The van der Waals surface area contributed by atoms with E-state index in [-0.39, 0.29) is 6.04 Å². The van der Waals surface area contributed by atoms with Crippen LogP contribution in [0.4, 0.5) is 0 Å². The lowest BCUT2D eigenvalue weighted by molar-refractivity contribution is 0.497. The fourth-order valence-corrected chi connectivity index (χ4v) is 2.07. The van der Waals surface area contributed by atoms with Gasteiger partial charge >= 0.3 is 0 Å². The number of aryl methyl sites for hydroxylation is 3. The molecule has 0 saturated carbocycles. The van der Waals surface area contributed by atoms with E-state index in [0.29, 0.717) is 0 Å². The van der Waals surface area contributed by atoms with Crippen molar-refractivity contribution in [3.8, 4) is 0 Å². The third kappa shape index (κ3) is 2.58. The lowest BCUT2D eigenvalue weighted by Crippen LogP contribution is -2.13. The molecular weight excluding hydrogens is 214 g/mol. The summed E-state index contributed by atoms with van der Waals surface area (Å²) in [7, 11) is 0. The number of aromatic nitrogens is 2. The molecule has 2 rings (SSSR count). The number of hydrogen-bond donors (Lipinski definition) is 1. The fraction of sp³-hybridized carbons (Fsp3) is 0.462. The van der Waals surface area contributed by atoms with E-state index in [9.17, 15) is 0 Å². The van der Waals surface area contributed by atoms with Gasteiger partial charge in [0.25, 0.3) is 0 Å². The summed E-state index contributed by atoms with van der Waals surface area (Å²) < 4.78 is 7.41. The molecule has 2 N–H and O–H groups in total. The molecule has 0 spiro atoms. The Morgan fingerprint density at radius 1 is 1.47 bits per heavy atom. The largest absolute Gasteiger partial charge is 0.466 e. The van der Waals surface area contributed by atoms with Crippen molar-refractivity contribution in [2.24, 2.45) is 5.73 Å². The van der Waals surface area contributed by atoms with Crippen LogP contribution in [0.2, 0.25) is 0 Å². The molecule has 1 atom stereocenters. The van der Waals surface area contributed by atoms with Gasteiger partial charge in [-0.2, -0.15) is 5.10 Å². The van der Waals surface area contributed by atoms with Crippen LogP contribution in [-0.2, 0) is 13.0 Å². The van der Waals surface area contributed by atoms with E-state index in [1.807, 2.05) is 37.0 Å². The molecule has 0 aliphatic carbocycles. The van der Waals surface area contributed by atoms with E-state index >= 15 is 0 Å². The molecule has 0 amide bonds. The number of hydrogen-bond acceptors (Lipinski definition) is 3. The molecule has 2 heterocycles. The maximum atomic E-state index is 6.19. The van der Waals surface area contributed by atoms with Gasteiger partial charge in [-0.25, -0.2) is 0 Å². The summed E-state index contributed by atoms with van der Waals surface area (Å²) in [5.74, 6) is 1.83. The van der Waals surface area contributed by atoms with Crippen LogP contribution in [0, 0.1) is 13.8 Å². The van der Waals surface area contributed by atoms with Crippen LogP contribution in [0.1, 0.15) is 35.6 Å². The molecule has 0 saturated heterocycles. The molecule has 2 aromatic heterocycles. The van der Waals surface area contributed by atoms with Crippen LogP contribution >= 0.6 is 0 Å². The van der Waals surface area contributed by atoms with Gasteiger partial charge < -0.3 is 10.2 Å². The predicted molar refractivity (Wildman–Crippen MR) is 66.7 cm³/mol. The first-order chi connectivity index (χ1) is 8.10. The second-order valence-corrected chi connectivity index (χ2v) is 4.38. The average molecular weight is 233 g/mol. The summed E-state index contributed by atoms with van der Waals surface area (Å²) >= 11 is 0. The Morgan fingerprint density at radius 2 is 2.24 bits per heavy atom. The van der Waals surface area contributed by atoms with Gasteiger partial charge in [-0.05, 0) is 38.8 Å². The van der Waals surface area contributed by atoms with Crippen LogP contribution in [0.5, 0.6) is 0 Å². The maximum absolute atomic E-state index is 6.19. The van der Waals surface area contributed by atoms with Crippen molar-refractivity contribution in [2.75, 3.05) is 0 Å². The molecule has 4 heteroatoms. The van der Waals surface area contributed by atoms with E-state index < -0.39 is 0 Å². The second kappa shape index (κ2) is 4.75. The van der Waals surface area contributed by atoms with E-state index in [1.165, 1.54) is 0 Å². The zero-order valence-corrected chi connectivity index (χ0v) is 10.6. The Labute approximate surface area is 101 Å². The molecule has 2 aromatic rings. The van der Waals surface area contributed by atoms with Gasteiger partial charge in [-0.1, -0.05) is 0 Å². The predicted octanol–water partition coefficient (Wildman–Crippen LogP) is 2.36. The monoisotopic (exact) mass is 233 g/mol. The lowest BCUT2D eigenvalue weighted by Gasteiger charge is -2.08. The van der Waals surface area contributed by atoms with Crippen LogP contribution < -0.4 is 5.73 Å². The molecule has 0 bridgehead atoms. The average Bonchev–Trinajstić information content (AvgIpc) is 2.85. The third-order valence-corrected chi connectivity index (χ3v) is 2.95. The minimum absolute atomic E-state index is 0.0260. The molecule has 0 fully saturated rings. The molecule has 17 heavy (non-hydrogen) atoms. The molecule has 1 unspecified atom stereocenters. The highest BCUT2D eigenvalue weighted by Gasteiger charge is 2.14. The Bertz CT molecular complexity index is 498. The van der Waals surface area contributed by atoms with Gasteiger partial charge in [0.05, 0.1) is 6.20 Å².